The van der Waals surface area contributed by atoms with Crippen molar-refractivity contribution in [2.75, 3.05) is 11.9 Å². The molecule has 0 saturated carbocycles. The van der Waals surface area contributed by atoms with Gasteiger partial charge in [-0.3, -0.25) is 0 Å². The molecule has 96 valence electrons. The van der Waals surface area contributed by atoms with Crippen LogP contribution in [0.2, 0.25) is 0 Å². The summed E-state index contributed by atoms with van der Waals surface area (Å²) in [5, 5.41) is 8.32. The average molecular weight is 235 g/mol. The second kappa shape index (κ2) is 4.04. The largest absolute Gasteiger partial charge is 0.370 e. The van der Waals surface area contributed by atoms with Gasteiger partial charge in [0.1, 0.15) is 5.82 Å². The molecule has 0 fully saturated rings. The van der Waals surface area contributed by atoms with Gasteiger partial charge in [0.15, 0.2) is 0 Å². The molecule has 2 heterocycles. The molecule has 1 aliphatic heterocycles. The van der Waals surface area contributed by atoms with E-state index < -0.39 is 0 Å². The van der Waals surface area contributed by atoms with Crippen molar-refractivity contribution in [3.05, 3.63) is 11.8 Å². The van der Waals surface area contributed by atoms with Gasteiger partial charge in [0.2, 0.25) is 0 Å². The molecule has 1 aliphatic rings. The molecular weight excluding hydrogens is 210 g/mol. The minimum Gasteiger partial charge on any atom is -0.370 e. The maximum absolute atomic E-state index is 4.77. The van der Waals surface area contributed by atoms with Gasteiger partial charge in [-0.2, -0.15) is 5.10 Å². The van der Waals surface area contributed by atoms with Crippen LogP contribution in [0.25, 0.3) is 0 Å². The Labute approximate surface area is 105 Å². The van der Waals surface area contributed by atoms with Crippen molar-refractivity contribution < 1.29 is 0 Å². The normalized spacial score (nSPS) is 18.6. The first-order chi connectivity index (χ1) is 7.90. The predicted octanol–water partition coefficient (Wildman–Crippen LogP) is 3.41. The molecule has 1 aromatic heterocycles. The van der Waals surface area contributed by atoms with E-state index in [4.69, 9.17) is 5.10 Å². The summed E-state index contributed by atoms with van der Waals surface area (Å²) in [5.74, 6) is 1.19. The van der Waals surface area contributed by atoms with Gasteiger partial charge in [-0.05, 0) is 12.8 Å². The van der Waals surface area contributed by atoms with Crippen LogP contribution in [0.4, 0.5) is 5.82 Å². The van der Waals surface area contributed by atoms with E-state index in [1.54, 1.807) is 0 Å². The summed E-state index contributed by atoms with van der Waals surface area (Å²) >= 11 is 0. The molecule has 17 heavy (non-hydrogen) atoms. The van der Waals surface area contributed by atoms with E-state index in [0.29, 0.717) is 5.41 Å². The van der Waals surface area contributed by atoms with Crippen LogP contribution in [0.3, 0.4) is 0 Å². The van der Waals surface area contributed by atoms with Crippen LogP contribution in [0.5, 0.6) is 0 Å². The third-order valence-corrected chi connectivity index (χ3v) is 4.18. The van der Waals surface area contributed by atoms with Gasteiger partial charge in [-0.25, -0.2) is 4.68 Å². The molecule has 0 amide bonds. The van der Waals surface area contributed by atoms with Gasteiger partial charge in [-0.15, -0.1) is 0 Å². The highest BCUT2D eigenvalue weighted by atomic mass is 15.4. The van der Waals surface area contributed by atoms with E-state index in [-0.39, 0.29) is 5.41 Å². The number of rotatable bonds is 2. The summed E-state index contributed by atoms with van der Waals surface area (Å²) in [7, 11) is 0. The van der Waals surface area contributed by atoms with Gasteiger partial charge in [0, 0.05) is 23.4 Å². The molecule has 0 aromatic carbocycles. The number of nitrogens with zero attached hydrogens (tertiary/aromatic N) is 2. The smallest absolute Gasteiger partial charge is 0.124 e. The van der Waals surface area contributed by atoms with Crippen LogP contribution in [0, 0.1) is 5.41 Å². The van der Waals surface area contributed by atoms with Crippen molar-refractivity contribution >= 4 is 5.82 Å². The molecule has 0 atom stereocenters. The lowest BCUT2D eigenvalue weighted by atomic mass is 9.81. The molecule has 3 heteroatoms. The van der Waals surface area contributed by atoms with E-state index >= 15 is 0 Å². The van der Waals surface area contributed by atoms with Gasteiger partial charge in [0.25, 0.3) is 0 Å². The van der Waals surface area contributed by atoms with Gasteiger partial charge < -0.3 is 5.32 Å². The van der Waals surface area contributed by atoms with Crippen molar-refractivity contribution in [1.82, 2.24) is 9.78 Å². The molecular formula is C14H25N3. The second-order valence-corrected chi connectivity index (χ2v) is 6.38. The molecule has 0 unspecified atom stereocenters. The Morgan fingerprint density at radius 3 is 2.53 bits per heavy atom. The van der Waals surface area contributed by atoms with E-state index in [2.05, 4.69) is 50.7 Å². The highest BCUT2D eigenvalue weighted by Gasteiger charge is 2.33. The Hall–Kier alpha value is -0.990. The minimum absolute atomic E-state index is 0.132. The minimum atomic E-state index is 0.132. The number of fused-ring (bicyclic) bond motifs is 1. The lowest BCUT2D eigenvalue weighted by Crippen LogP contribution is -2.38. The van der Waals surface area contributed by atoms with Crippen molar-refractivity contribution in [3.63, 3.8) is 0 Å². The average Bonchev–Trinajstić information content (AvgIpc) is 2.70. The first kappa shape index (κ1) is 12.5. The van der Waals surface area contributed by atoms with Crippen molar-refractivity contribution in [2.45, 2.75) is 59.4 Å². The van der Waals surface area contributed by atoms with Crippen molar-refractivity contribution in [2.24, 2.45) is 5.41 Å². The van der Waals surface area contributed by atoms with Gasteiger partial charge in [0.05, 0.1) is 12.2 Å². The maximum Gasteiger partial charge on any atom is 0.124 e. The quantitative estimate of drug-likeness (QED) is 0.851. The molecule has 1 N–H and O–H groups in total. The van der Waals surface area contributed by atoms with Crippen LogP contribution in [0.1, 0.15) is 53.2 Å². The predicted molar refractivity (Wildman–Crippen MR) is 72.4 cm³/mol. The zero-order valence-corrected chi connectivity index (χ0v) is 11.8. The Bertz CT molecular complexity index is 394. The fourth-order valence-corrected chi connectivity index (χ4v) is 2.42. The number of nitrogens with one attached hydrogen (secondary N) is 1. The number of anilines is 1. The SMILES string of the molecule is CCC1(CC)CNc2cc(C(C)(C)C)nn2C1. The highest BCUT2D eigenvalue weighted by Crippen LogP contribution is 2.35. The molecule has 3 nitrogen and oxygen atoms in total. The summed E-state index contributed by atoms with van der Waals surface area (Å²) in [6.45, 7) is 13.3. The third-order valence-electron chi connectivity index (χ3n) is 4.18. The van der Waals surface area contributed by atoms with Crippen LogP contribution in [-0.4, -0.2) is 16.3 Å². The maximum atomic E-state index is 4.77. The van der Waals surface area contributed by atoms with Crippen molar-refractivity contribution in [3.8, 4) is 0 Å². The number of aromatic nitrogens is 2. The van der Waals surface area contributed by atoms with E-state index in [1.807, 2.05) is 0 Å². The summed E-state index contributed by atoms with van der Waals surface area (Å²) in [4.78, 5) is 0. The first-order valence-corrected chi connectivity index (χ1v) is 6.72. The summed E-state index contributed by atoms with van der Waals surface area (Å²) in [5.41, 5.74) is 1.70. The Morgan fingerprint density at radius 1 is 1.35 bits per heavy atom. The van der Waals surface area contributed by atoms with Crippen LogP contribution in [-0.2, 0) is 12.0 Å². The lowest BCUT2D eigenvalue weighted by molar-refractivity contribution is 0.213. The third kappa shape index (κ3) is 2.20. The summed E-state index contributed by atoms with van der Waals surface area (Å²) < 4.78 is 2.16. The molecule has 0 radical (unpaired) electrons. The summed E-state index contributed by atoms with van der Waals surface area (Å²) in [6.07, 6.45) is 2.42. The van der Waals surface area contributed by atoms with Crippen LogP contribution < -0.4 is 5.32 Å². The van der Waals surface area contributed by atoms with E-state index in [9.17, 15) is 0 Å². The van der Waals surface area contributed by atoms with Crippen LogP contribution >= 0.6 is 0 Å². The van der Waals surface area contributed by atoms with E-state index in [1.165, 1.54) is 24.4 Å². The molecule has 1 aromatic rings. The standard InChI is InChI=1S/C14H25N3/c1-6-14(7-2)9-15-12-8-11(13(3,4)5)16-17(12)10-14/h8,15H,6-7,9-10H2,1-5H3. The first-order valence-electron chi connectivity index (χ1n) is 6.72. The summed E-state index contributed by atoms with van der Waals surface area (Å²) in [6, 6.07) is 2.20. The Kier molecular flexibility index (Phi) is 2.96. The molecule has 0 spiro atoms. The van der Waals surface area contributed by atoms with Gasteiger partial charge in [-0.1, -0.05) is 34.6 Å². The van der Waals surface area contributed by atoms with Crippen LogP contribution in [0.15, 0.2) is 6.07 Å². The number of hydrogen-bond acceptors (Lipinski definition) is 2. The highest BCUT2D eigenvalue weighted by molar-refractivity contribution is 5.41. The monoisotopic (exact) mass is 235 g/mol. The number of hydrogen-bond donors (Lipinski definition) is 1. The van der Waals surface area contributed by atoms with Gasteiger partial charge >= 0.3 is 0 Å². The topological polar surface area (TPSA) is 29.9 Å². The van der Waals surface area contributed by atoms with E-state index in [0.717, 1.165) is 13.1 Å². The molecule has 0 saturated heterocycles. The Balaban J connectivity index is 2.30. The Morgan fingerprint density at radius 2 is 2.00 bits per heavy atom. The van der Waals surface area contributed by atoms with Crippen molar-refractivity contribution in [1.29, 1.82) is 0 Å². The lowest BCUT2D eigenvalue weighted by Gasteiger charge is -2.36. The zero-order valence-electron chi connectivity index (χ0n) is 11.8. The zero-order chi connectivity index (χ0) is 12.7. The molecule has 0 aliphatic carbocycles. The molecule has 0 bridgehead atoms. The fraction of sp³-hybridized carbons (Fsp3) is 0.786. The molecule has 2 rings (SSSR count). The fourth-order valence-electron chi connectivity index (χ4n) is 2.42. The second-order valence-electron chi connectivity index (χ2n) is 6.38.